The van der Waals surface area contributed by atoms with Crippen LogP contribution in [0.3, 0.4) is 0 Å². The van der Waals surface area contributed by atoms with E-state index in [9.17, 15) is 20.0 Å². The van der Waals surface area contributed by atoms with Crippen LogP contribution in [-0.4, -0.2) is 57.7 Å². The van der Waals surface area contributed by atoms with E-state index in [1.165, 1.54) is 21.6 Å². The van der Waals surface area contributed by atoms with Gasteiger partial charge in [0.15, 0.2) is 5.82 Å². The lowest BCUT2D eigenvalue weighted by Crippen LogP contribution is -2.58. The third-order valence-electron chi connectivity index (χ3n) is 8.14. The summed E-state index contributed by atoms with van der Waals surface area (Å²) in [6.45, 7) is 7.28. The number of carboxylic acid groups (broad SMARTS) is 1. The molecule has 2 amide bonds. The number of nitriles is 1. The molecule has 1 aliphatic carbocycles. The molecule has 3 heterocycles. The molecule has 3 fully saturated rings. The molecule has 1 saturated carbocycles. The number of hydrogen-bond donors (Lipinski definition) is 2. The van der Waals surface area contributed by atoms with E-state index in [-0.39, 0.29) is 53.1 Å². The summed E-state index contributed by atoms with van der Waals surface area (Å²) >= 11 is 7.63. The third-order valence-corrected chi connectivity index (χ3v) is 9.25. The Morgan fingerprint density at radius 1 is 1.37 bits per heavy atom. The molecule has 2 aromatic carbocycles. The number of carbonyl (C=O) groups excluding carboxylic acids is 1. The molecule has 3 atom stereocenters. The second kappa shape index (κ2) is 11.4. The highest BCUT2D eigenvalue weighted by atomic mass is 35.5. The van der Waals surface area contributed by atoms with Crippen LogP contribution in [0.25, 0.3) is 22.0 Å². The van der Waals surface area contributed by atoms with E-state index in [1.807, 2.05) is 0 Å². The Kier molecular flexibility index (Phi) is 8.13. The Morgan fingerprint density at radius 3 is 2.70 bits per heavy atom. The largest absolute Gasteiger partial charge is 0.465 e. The quantitative estimate of drug-likeness (QED) is 0.274. The predicted molar refractivity (Wildman–Crippen MR) is 166 cm³/mol. The minimum atomic E-state index is -1.07. The van der Waals surface area contributed by atoms with Crippen molar-refractivity contribution in [3.05, 3.63) is 46.2 Å². The highest BCUT2D eigenvalue weighted by Gasteiger charge is 2.58. The molecule has 43 heavy (non-hydrogen) atoms. The van der Waals surface area contributed by atoms with E-state index in [2.05, 4.69) is 11.1 Å². The Hall–Kier alpha value is -3.75. The maximum atomic E-state index is 16.9. The van der Waals surface area contributed by atoms with Crippen LogP contribution in [0.4, 0.5) is 25.4 Å². The number of aryl methyl sites for hydroxylation is 1. The van der Waals surface area contributed by atoms with Gasteiger partial charge in [-0.25, -0.2) is 19.0 Å². The molecule has 6 rings (SSSR count). The number of thioether (sulfide) groups is 1. The monoisotopic (exact) mass is 625 g/mol. The molecule has 0 spiro atoms. The number of halogens is 2. The minimum Gasteiger partial charge on any atom is -0.465 e. The number of aromatic nitrogens is 1. The van der Waals surface area contributed by atoms with Gasteiger partial charge >= 0.3 is 12.2 Å². The van der Waals surface area contributed by atoms with Crippen molar-refractivity contribution in [2.75, 3.05) is 23.4 Å². The van der Waals surface area contributed by atoms with Crippen LogP contribution >= 0.6 is 23.4 Å². The molecule has 2 aliphatic heterocycles. The highest BCUT2D eigenvalue weighted by Crippen LogP contribution is 2.50. The van der Waals surface area contributed by atoms with Gasteiger partial charge in [-0.15, -0.1) is 11.8 Å². The zero-order valence-electron chi connectivity index (χ0n) is 24.6. The summed E-state index contributed by atoms with van der Waals surface area (Å²) in [5, 5.41) is 20.3. The molecule has 9 nitrogen and oxygen atoms in total. The fourth-order valence-corrected chi connectivity index (χ4v) is 6.90. The molecule has 3 aliphatic rings. The third kappa shape index (κ3) is 5.31. The molecule has 0 unspecified atom stereocenters. The summed E-state index contributed by atoms with van der Waals surface area (Å²) in [6.07, 6.45) is 0.917. The molecule has 3 aromatic rings. The van der Waals surface area contributed by atoms with Gasteiger partial charge < -0.3 is 20.5 Å². The Labute approximate surface area is 258 Å². The Balaban J connectivity index is 1.83. The average molecular weight is 626 g/mol. The first kappa shape index (κ1) is 30.7. The number of hydrogen-bond acceptors (Lipinski definition) is 7. The van der Waals surface area contributed by atoms with Crippen LogP contribution in [-0.2, 0) is 11.2 Å². The summed E-state index contributed by atoms with van der Waals surface area (Å²) in [4.78, 5) is 33.4. The summed E-state index contributed by atoms with van der Waals surface area (Å²) in [5.41, 5.74) is 8.30. The lowest BCUT2D eigenvalue weighted by Gasteiger charge is -2.44. The van der Waals surface area contributed by atoms with Crippen LogP contribution in [0.2, 0.25) is 5.02 Å². The normalized spacial score (nSPS) is 19.2. The minimum absolute atomic E-state index is 0.000969. The lowest BCUT2D eigenvalue weighted by atomic mass is 9.78. The molecule has 2 bridgehead atoms. The van der Waals surface area contributed by atoms with Crippen molar-refractivity contribution in [1.82, 2.24) is 9.88 Å². The summed E-state index contributed by atoms with van der Waals surface area (Å²) in [6, 6.07) is 8.08. The van der Waals surface area contributed by atoms with Crippen molar-refractivity contribution in [2.45, 2.75) is 69.7 Å². The Bertz CT molecular complexity index is 1690. The van der Waals surface area contributed by atoms with Gasteiger partial charge in [0.05, 0.1) is 29.5 Å². The number of amides is 2. The van der Waals surface area contributed by atoms with Crippen LogP contribution in [0.1, 0.15) is 44.7 Å². The number of fused-ring (bicyclic) bond motifs is 2. The summed E-state index contributed by atoms with van der Waals surface area (Å²) < 4.78 is 22.7. The van der Waals surface area contributed by atoms with E-state index < -0.39 is 35.7 Å². The number of nitrogens with two attached hydrogens (primary N) is 1. The van der Waals surface area contributed by atoms with Gasteiger partial charge in [0.2, 0.25) is 0 Å². The topological polar surface area (TPSA) is 133 Å². The number of nitrogens with zero attached hydrogens (tertiary/aromatic N) is 4. The summed E-state index contributed by atoms with van der Waals surface area (Å²) in [7, 11) is 0. The maximum absolute atomic E-state index is 16.9. The zero-order valence-corrected chi connectivity index (χ0v) is 26.1. The first-order chi connectivity index (χ1) is 20.3. The van der Waals surface area contributed by atoms with Gasteiger partial charge in [-0.2, -0.15) is 5.26 Å². The van der Waals surface area contributed by atoms with E-state index in [4.69, 9.17) is 22.1 Å². The van der Waals surface area contributed by atoms with Crippen molar-refractivity contribution in [1.29, 1.82) is 5.26 Å². The molecule has 2 saturated heterocycles. The van der Waals surface area contributed by atoms with Crippen LogP contribution in [0.5, 0.6) is 0 Å². The number of nitrogen functional groups attached to an aromatic ring is 1. The lowest BCUT2D eigenvalue weighted by molar-refractivity contribution is 0.0518. The first-order valence-electron chi connectivity index (χ1n) is 13.9. The Morgan fingerprint density at radius 2 is 2.09 bits per heavy atom. The molecule has 3 N–H and O–H groups in total. The van der Waals surface area contributed by atoms with Crippen LogP contribution in [0.15, 0.2) is 29.3 Å². The molecular formula is C31H33ClFN5O4S. The predicted octanol–water partition coefficient (Wildman–Crippen LogP) is 7.26. The second-order valence-corrected chi connectivity index (χ2v) is 13.1. The maximum Gasteiger partial charge on any atom is 0.415 e. The number of rotatable bonds is 6. The van der Waals surface area contributed by atoms with Gasteiger partial charge in [-0.05, 0) is 75.6 Å². The van der Waals surface area contributed by atoms with Gasteiger partial charge in [-0.1, -0.05) is 23.7 Å². The standard InChI is InChI=1S/C31H33ClFN5O4S/c1-15-18(9-6-10-20(15)32)22-16(8-7-11-34)12-19-25(23(22)33)36-28(43-5)24(35)27(19)38(30(41)42-31(2,3)4)26-17-13-21(26)37(14-17)29(39)40/h6,9-10,12,17,21,26H,7-8,13-14,35H2,1-5H3,(H,39,40)/t17-,21-,26+/m1/s1. The van der Waals surface area contributed by atoms with Crippen molar-refractivity contribution in [3.8, 4) is 17.2 Å². The first-order valence-corrected chi connectivity index (χ1v) is 15.5. The number of pyridine rings is 1. The average Bonchev–Trinajstić information content (AvgIpc) is 3.53. The van der Waals surface area contributed by atoms with Crippen molar-refractivity contribution in [2.24, 2.45) is 5.92 Å². The van der Waals surface area contributed by atoms with Crippen LogP contribution < -0.4 is 10.6 Å². The molecule has 1 aromatic heterocycles. The number of carbonyl (C=O) groups is 2. The molecule has 226 valence electrons. The van der Waals surface area contributed by atoms with E-state index in [0.29, 0.717) is 33.2 Å². The van der Waals surface area contributed by atoms with Gasteiger partial charge in [0.25, 0.3) is 0 Å². The van der Waals surface area contributed by atoms with Crippen LogP contribution in [0, 0.1) is 30.0 Å². The van der Waals surface area contributed by atoms with Crippen molar-refractivity contribution < 1.29 is 23.8 Å². The molecule has 0 radical (unpaired) electrons. The number of ether oxygens (including phenoxy) is 1. The van der Waals surface area contributed by atoms with E-state index in [0.717, 1.165) is 0 Å². The molecular weight excluding hydrogens is 593 g/mol. The second-order valence-electron chi connectivity index (χ2n) is 11.9. The van der Waals surface area contributed by atoms with Crippen molar-refractivity contribution >= 4 is 57.8 Å². The SMILES string of the molecule is CSc1nc2c(F)c(-c3cccc(Cl)c3C)c(CCC#N)cc2c(N(C(=O)OC(C)(C)C)[C@H]2[C@@H]3C[C@H]2N(C(=O)O)C3)c1N. The fraction of sp³-hybridized carbons (Fsp3) is 0.419. The smallest absolute Gasteiger partial charge is 0.415 e. The fourth-order valence-electron chi connectivity index (χ4n) is 6.23. The van der Waals surface area contributed by atoms with Crippen molar-refractivity contribution in [3.63, 3.8) is 0 Å². The van der Waals surface area contributed by atoms with E-state index in [1.54, 1.807) is 58.2 Å². The van der Waals surface area contributed by atoms with Gasteiger partial charge in [0.1, 0.15) is 16.1 Å². The van der Waals surface area contributed by atoms with Gasteiger partial charge in [-0.3, -0.25) is 4.90 Å². The summed E-state index contributed by atoms with van der Waals surface area (Å²) in [5.74, 6) is -0.773. The highest BCUT2D eigenvalue weighted by molar-refractivity contribution is 7.98. The molecule has 12 heteroatoms. The van der Waals surface area contributed by atoms with Gasteiger partial charge in [0, 0.05) is 34.9 Å². The zero-order chi connectivity index (χ0) is 31.4. The number of benzene rings is 2. The van der Waals surface area contributed by atoms with E-state index >= 15 is 4.39 Å². The number of anilines is 2.